The van der Waals surface area contributed by atoms with E-state index in [0.717, 1.165) is 21.6 Å². The maximum absolute atomic E-state index is 6.39. The highest BCUT2D eigenvalue weighted by molar-refractivity contribution is 6.35. The quantitative estimate of drug-likeness (QED) is 0.608. The van der Waals surface area contributed by atoms with E-state index in [0.29, 0.717) is 0 Å². The van der Waals surface area contributed by atoms with E-state index < -0.39 is 0 Å². The molecular formula is C18H14ClN. The van der Waals surface area contributed by atoms with Gasteiger partial charge in [0, 0.05) is 10.9 Å². The first-order valence-corrected chi connectivity index (χ1v) is 7.36. The fraction of sp³-hybridized carbons (Fsp3) is 0.167. The molecular weight excluding hydrogens is 266 g/mol. The predicted octanol–water partition coefficient (Wildman–Crippen LogP) is 5.04. The summed E-state index contributed by atoms with van der Waals surface area (Å²) >= 11 is 6.39. The lowest BCUT2D eigenvalue weighted by Gasteiger charge is -2.07. The number of aryl methyl sites for hydroxylation is 2. The van der Waals surface area contributed by atoms with Crippen molar-refractivity contribution < 1.29 is 0 Å². The van der Waals surface area contributed by atoms with Crippen LogP contribution in [0.3, 0.4) is 0 Å². The van der Waals surface area contributed by atoms with Crippen LogP contribution in [0.2, 0.25) is 5.02 Å². The third-order valence-electron chi connectivity index (χ3n) is 4.06. The predicted molar refractivity (Wildman–Crippen MR) is 84.2 cm³/mol. The van der Waals surface area contributed by atoms with Crippen molar-refractivity contribution >= 4 is 22.5 Å². The number of benzene rings is 2. The van der Waals surface area contributed by atoms with Crippen molar-refractivity contribution in [2.45, 2.75) is 19.3 Å². The van der Waals surface area contributed by atoms with Crippen molar-refractivity contribution in [3.63, 3.8) is 0 Å². The van der Waals surface area contributed by atoms with Gasteiger partial charge in [0.1, 0.15) is 0 Å². The van der Waals surface area contributed by atoms with Gasteiger partial charge in [0.15, 0.2) is 0 Å². The molecule has 1 nitrogen and oxygen atoms in total. The van der Waals surface area contributed by atoms with Crippen LogP contribution in [0.15, 0.2) is 48.5 Å². The number of halogens is 1. The van der Waals surface area contributed by atoms with Gasteiger partial charge in [-0.05, 0) is 48.6 Å². The molecule has 2 heteroatoms. The average molecular weight is 280 g/mol. The molecule has 0 amide bonds. The Bertz CT molecular complexity index is 808. The number of fused-ring (bicyclic) bond motifs is 2. The standard InChI is InChI=1S/C18H14ClN/c19-16-11-18(20-17-7-2-1-6-15(16)17)14-9-8-12-4-3-5-13(12)10-14/h1-2,6-11H,3-5H2. The molecule has 4 rings (SSSR count). The van der Waals surface area contributed by atoms with E-state index in [-0.39, 0.29) is 0 Å². The average Bonchev–Trinajstić information content (AvgIpc) is 2.94. The molecule has 98 valence electrons. The summed E-state index contributed by atoms with van der Waals surface area (Å²) in [5, 5.41) is 1.78. The molecule has 2 aromatic carbocycles. The lowest BCUT2D eigenvalue weighted by molar-refractivity contribution is 0.912. The van der Waals surface area contributed by atoms with Crippen LogP contribution < -0.4 is 0 Å². The summed E-state index contributed by atoms with van der Waals surface area (Å²) < 4.78 is 0. The van der Waals surface area contributed by atoms with Crippen LogP contribution in [0.1, 0.15) is 17.5 Å². The molecule has 0 spiro atoms. The van der Waals surface area contributed by atoms with Gasteiger partial charge in [-0.2, -0.15) is 0 Å². The molecule has 1 aliphatic rings. The minimum Gasteiger partial charge on any atom is -0.248 e. The molecule has 0 atom stereocenters. The van der Waals surface area contributed by atoms with Crippen LogP contribution >= 0.6 is 11.6 Å². The van der Waals surface area contributed by atoms with Gasteiger partial charge in [0.25, 0.3) is 0 Å². The number of rotatable bonds is 1. The largest absolute Gasteiger partial charge is 0.248 e. The summed E-state index contributed by atoms with van der Waals surface area (Å²) in [4.78, 5) is 4.75. The number of nitrogens with zero attached hydrogens (tertiary/aromatic N) is 1. The Kier molecular flexibility index (Phi) is 2.75. The highest BCUT2D eigenvalue weighted by Crippen LogP contribution is 2.31. The van der Waals surface area contributed by atoms with E-state index in [2.05, 4.69) is 18.2 Å². The molecule has 1 aliphatic carbocycles. The van der Waals surface area contributed by atoms with Crippen LogP contribution in [0.25, 0.3) is 22.2 Å². The molecule has 1 heterocycles. The number of aromatic nitrogens is 1. The van der Waals surface area contributed by atoms with Gasteiger partial charge in [-0.3, -0.25) is 0 Å². The Morgan fingerprint density at radius 2 is 1.75 bits per heavy atom. The van der Waals surface area contributed by atoms with E-state index in [1.165, 1.54) is 36.0 Å². The fourth-order valence-electron chi connectivity index (χ4n) is 3.01. The Hall–Kier alpha value is -1.86. The molecule has 0 radical (unpaired) electrons. The number of pyridine rings is 1. The molecule has 0 saturated carbocycles. The summed E-state index contributed by atoms with van der Waals surface area (Å²) in [6.45, 7) is 0. The van der Waals surface area contributed by atoms with Crippen molar-refractivity contribution in [3.05, 3.63) is 64.7 Å². The topological polar surface area (TPSA) is 12.9 Å². The lowest BCUT2D eigenvalue weighted by atomic mass is 10.0. The summed E-state index contributed by atoms with van der Waals surface area (Å²) in [7, 11) is 0. The maximum Gasteiger partial charge on any atom is 0.0724 e. The maximum atomic E-state index is 6.39. The summed E-state index contributed by atoms with van der Waals surface area (Å²) in [5.74, 6) is 0. The summed E-state index contributed by atoms with van der Waals surface area (Å²) in [6.07, 6.45) is 3.66. The Morgan fingerprint density at radius 3 is 2.70 bits per heavy atom. The van der Waals surface area contributed by atoms with Gasteiger partial charge in [0.2, 0.25) is 0 Å². The van der Waals surface area contributed by atoms with E-state index >= 15 is 0 Å². The third kappa shape index (κ3) is 1.90. The third-order valence-corrected chi connectivity index (χ3v) is 4.37. The number of para-hydroxylation sites is 1. The number of hydrogen-bond acceptors (Lipinski definition) is 1. The normalized spacial score (nSPS) is 13.7. The van der Waals surface area contributed by atoms with Crippen LogP contribution in [-0.4, -0.2) is 4.98 Å². The molecule has 0 saturated heterocycles. The first kappa shape index (κ1) is 11.9. The second kappa shape index (κ2) is 4.60. The number of hydrogen-bond donors (Lipinski definition) is 0. The molecule has 20 heavy (non-hydrogen) atoms. The van der Waals surface area contributed by atoms with Crippen molar-refractivity contribution in [2.75, 3.05) is 0 Å². The first-order valence-electron chi connectivity index (χ1n) is 6.99. The summed E-state index contributed by atoms with van der Waals surface area (Å²) in [5.41, 5.74) is 6.03. The van der Waals surface area contributed by atoms with Gasteiger partial charge in [0.05, 0.1) is 16.2 Å². The van der Waals surface area contributed by atoms with Crippen LogP contribution in [-0.2, 0) is 12.8 Å². The van der Waals surface area contributed by atoms with E-state index in [1.807, 2.05) is 30.3 Å². The van der Waals surface area contributed by atoms with E-state index in [1.54, 1.807) is 0 Å². The van der Waals surface area contributed by atoms with Crippen molar-refractivity contribution in [2.24, 2.45) is 0 Å². The van der Waals surface area contributed by atoms with E-state index in [4.69, 9.17) is 16.6 Å². The molecule has 0 aliphatic heterocycles. The van der Waals surface area contributed by atoms with Crippen LogP contribution in [0.4, 0.5) is 0 Å². The van der Waals surface area contributed by atoms with Crippen molar-refractivity contribution in [1.82, 2.24) is 4.98 Å². The zero-order valence-electron chi connectivity index (χ0n) is 11.1. The van der Waals surface area contributed by atoms with Gasteiger partial charge >= 0.3 is 0 Å². The summed E-state index contributed by atoms with van der Waals surface area (Å²) in [6, 6.07) is 16.7. The van der Waals surface area contributed by atoms with Crippen LogP contribution in [0, 0.1) is 0 Å². The highest BCUT2D eigenvalue weighted by atomic mass is 35.5. The molecule has 0 N–H and O–H groups in total. The van der Waals surface area contributed by atoms with Gasteiger partial charge < -0.3 is 0 Å². The van der Waals surface area contributed by atoms with Gasteiger partial charge in [-0.15, -0.1) is 0 Å². The molecule has 0 bridgehead atoms. The van der Waals surface area contributed by atoms with Gasteiger partial charge in [-0.25, -0.2) is 4.98 Å². The Morgan fingerprint density at radius 1 is 0.900 bits per heavy atom. The van der Waals surface area contributed by atoms with Gasteiger partial charge in [-0.1, -0.05) is 41.9 Å². The smallest absolute Gasteiger partial charge is 0.0724 e. The molecule has 3 aromatic rings. The van der Waals surface area contributed by atoms with E-state index in [9.17, 15) is 0 Å². The Balaban J connectivity index is 1.90. The minimum atomic E-state index is 0.770. The van der Waals surface area contributed by atoms with Crippen molar-refractivity contribution in [1.29, 1.82) is 0 Å². The molecule has 0 unspecified atom stereocenters. The second-order valence-electron chi connectivity index (χ2n) is 5.34. The fourth-order valence-corrected chi connectivity index (χ4v) is 3.28. The van der Waals surface area contributed by atoms with Crippen LogP contribution in [0.5, 0.6) is 0 Å². The van der Waals surface area contributed by atoms with Crippen molar-refractivity contribution in [3.8, 4) is 11.3 Å². The minimum absolute atomic E-state index is 0.770. The monoisotopic (exact) mass is 279 g/mol. The molecule has 0 fully saturated rings. The SMILES string of the molecule is Clc1cc(-c2ccc3c(c2)CCC3)nc2ccccc12. The molecule has 1 aromatic heterocycles. The zero-order chi connectivity index (χ0) is 13.5. The highest BCUT2D eigenvalue weighted by Gasteiger charge is 2.12. The first-order chi connectivity index (χ1) is 9.81. The zero-order valence-corrected chi connectivity index (χ0v) is 11.8. The second-order valence-corrected chi connectivity index (χ2v) is 5.75. The lowest BCUT2D eigenvalue weighted by Crippen LogP contribution is -1.89. The Labute approximate surface area is 123 Å².